The third-order valence-corrected chi connectivity index (χ3v) is 2.30. The number of nitrogens with two attached hydrogens (primary N) is 1. The molecule has 0 aromatic heterocycles. The predicted octanol–water partition coefficient (Wildman–Crippen LogP) is 0.888. The van der Waals surface area contributed by atoms with Crippen molar-refractivity contribution in [1.29, 1.82) is 0 Å². The molecule has 1 heterocycles. The number of hydrogen-bond acceptors (Lipinski definition) is 2. The first kappa shape index (κ1) is 11.3. The SMILES string of the molecule is NC1CCCN(C(=O)C(F)(F)F)CC1. The van der Waals surface area contributed by atoms with Crippen LogP contribution in [0.3, 0.4) is 0 Å². The summed E-state index contributed by atoms with van der Waals surface area (Å²) in [6, 6.07) is -0.0824. The lowest BCUT2D eigenvalue weighted by Crippen LogP contribution is -2.41. The molecule has 0 radical (unpaired) electrons. The summed E-state index contributed by atoms with van der Waals surface area (Å²) in [5.74, 6) is -1.74. The number of carbonyl (C=O) groups excluding carboxylic acids is 1. The summed E-state index contributed by atoms with van der Waals surface area (Å²) in [5, 5.41) is 0. The van der Waals surface area contributed by atoms with Gasteiger partial charge in [-0.15, -0.1) is 0 Å². The predicted molar refractivity (Wildman–Crippen MR) is 44.5 cm³/mol. The fourth-order valence-corrected chi connectivity index (χ4v) is 1.50. The molecule has 1 rings (SSSR count). The van der Waals surface area contributed by atoms with Crippen molar-refractivity contribution in [3.8, 4) is 0 Å². The zero-order valence-corrected chi connectivity index (χ0v) is 7.68. The molecule has 1 saturated heterocycles. The van der Waals surface area contributed by atoms with Gasteiger partial charge in [0.25, 0.3) is 0 Å². The van der Waals surface area contributed by atoms with Crippen molar-refractivity contribution in [3.05, 3.63) is 0 Å². The monoisotopic (exact) mass is 210 g/mol. The molecule has 0 spiro atoms. The van der Waals surface area contributed by atoms with Gasteiger partial charge in [0.05, 0.1) is 0 Å². The molecule has 6 heteroatoms. The lowest BCUT2D eigenvalue weighted by Gasteiger charge is -2.21. The molecule has 1 amide bonds. The van der Waals surface area contributed by atoms with Gasteiger partial charge in [0.2, 0.25) is 0 Å². The Labute approximate surface area is 80.0 Å². The van der Waals surface area contributed by atoms with Crippen molar-refractivity contribution < 1.29 is 18.0 Å². The average Bonchev–Trinajstić information content (AvgIpc) is 2.27. The second-order valence-electron chi connectivity index (χ2n) is 3.48. The second-order valence-corrected chi connectivity index (χ2v) is 3.48. The molecule has 0 bridgehead atoms. The van der Waals surface area contributed by atoms with Gasteiger partial charge in [0, 0.05) is 19.1 Å². The highest BCUT2D eigenvalue weighted by molar-refractivity contribution is 5.81. The highest BCUT2D eigenvalue weighted by atomic mass is 19.4. The van der Waals surface area contributed by atoms with Crippen LogP contribution >= 0.6 is 0 Å². The number of halogens is 3. The van der Waals surface area contributed by atoms with Gasteiger partial charge in [-0.05, 0) is 19.3 Å². The quantitative estimate of drug-likeness (QED) is 0.645. The first-order chi connectivity index (χ1) is 6.41. The Morgan fingerprint density at radius 3 is 2.50 bits per heavy atom. The summed E-state index contributed by atoms with van der Waals surface area (Å²) in [7, 11) is 0. The van der Waals surface area contributed by atoms with Gasteiger partial charge in [-0.25, -0.2) is 0 Å². The van der Waals surface area contributed by atoms with Crippen LogP contribution in [-0.2, 0) is 4.79 Å². The molecule has 3 nitrogen and oxygen atoms in total. The van der Waals surface area contributed by atoms with E-state index < -0.39 is 12.1 Å². The van der Waals surface area contributed by atoms with E-state index in [0.29, 0.717) is 19.3 Å². The minimum absolute atomic E-state index is 0.0824. The summed E-state index contributed by atoms with van der Waals surface area (Å²) >= 11 is 0. The molecule has 14 heavy (non-hydrogen) atoms. The number of rotatable bonds is 0. The van der Waals surface area contributed by atoms with Crippen LogP contribution in [0.25, 0.3) is 0 Å². The number of carbonyl (C=O) groups is 1. The Bertz CT molecular complexity index is 217. The summed E-state index contributed by atoms with van der Waals surface area (Å²) in [6.07, 6.45) is -3.08. The van der Waals surface area contributed by atoms with Crippen molar-refractivity contribution in [2.45, 2.75) is 31.5 Å². The van der Waals surface area contributed by atoms with E-state index in [0.717, 1.165) is 4.90 Å². The molecule has 82 valence electrons. The molecule has 0 aliphatic carbocycles. The van der Waals surface area contributed by atoms with E-state index in [1.165, 1.54) is 0 Å². The van der Waals surface area contributed by atoms with E-state index in [1.807, 2.05) is 0 Å². The van der Waals surface area contributed by atoms with Gasteiger partial charge in [0.1, 0.15) is 0 Å². The van der Waals surface area contributed by atoms with Crippen LogP contribution in [0.2, 0.25) is 0 Å². The topological polar surface area (TPSA) is 46.3 Å². The zero-order valence-electron chi connectivity index (χ0n) is 7.68. The minimum atomic E-state index is -4.76. The van der Waals surface area contributed by atoms with Gasteiger partial charge in [-0.1, -0.05) is 0 Å². The first-order valence-corrected chi connectivity index (χ1v) is 4.53. The van der Waals surface area contributed by atoms with Gasteiger partial charge >= 0.3 is 12.1 Å². The van der Waals surface area contributed by atoms with Crippen molar-refractivity contribution in [1.82, 2.24) is 4.90 Å². The lowest BCUT2D eigenvalue weighted by atomic mass is 10.1. The van der Waals surface area contributed by atoms with E-state index in [-0.39, 0.29) is 19.1 Å². The molecule has 0 aromatic rings. The number of alkyl halides is 3. The Kier molecular flexibility index (Phi) is 3.36. The van der Waals surface area contributed by atoms with Crippen LogP contribution < -0.4 is 5.73 Å². The Balaban J connectivity index is 2.56. The fourth-order valence-electron chi connectivity index (χ4n) is 1.50. The summed E-state index contributed by atoms with van der Waals surface area (Å²) in [4.78, 5) is 11.7. The Morgan fingerprint density at radius 2 is 1.93 bits per heavy atom. The molecule has 1 atom stereocenters. The minimum Gasteiger partial charge on any atom is -0.335 e. The highest BCUT2D eigenvalue weighted by Gasteiger charge is 2.42. The number of amides is 1. The van der Waals surface area contributed by atoms with Gasteiger partial charge in [-0.3, -0.25) is 4.79 Å². The molecular weight excluding hydrogens is 197 g/mol. The van der Waals surface area contributed by atoms with E-state index in [1.54, 1.807) is 0 Å². The highest BCUT2D eigenvalue weighted by Crippen LogP contribution is 2.20. The Morgan fingerprint density at radius 1 is 1.29 bits per heavy atom. The smallest absolute Gasteiger partial charge is 0.335 e. The maximum Gasteiger partial charge on any atom is 0.471 e. The second kappa shape index (κ2) is 4.16. The molecule has 1 aliphatic rings. The maximum absolute atomic E-state index is 12.0. The molecule has 1 unspecified atom stereocenters. The van der Waals surface area contributed by atoms with Crippen LogP contribution in [0.5, 0.6) is 0 Å². The molecule has 2 N–H and O–H groups in total. The van der Waals surface area contributed by atoms with Crippen LogP contribution in [0.4, 0.5) is 13.2 Å². The van der Waals surface area contributed by atoms with Crippen LogP contribution in [-0.4, -0.2) is 36.1 Å². The number of likely N-dealkylation sites (tertiary alicyclic amines) is 1. The molecular formula is C8H13F3N2O. The van der Waals surface area contributed by atoms with Crippen molar-refractivity contribution in [3.63, 3.8) is 0 Å². The van der Waals surface area contributed by atoms with Crippen molar-refractivity contribution in [2.75, 3.05) is 13.1 Å². The van der Waals surface area contributed by atoms with Crippen LogP contribution in [0.15, 0.2) is 0 Å². The molecule has 0 aromatic carbocycles. The molecule has 1 fully saturated rings. The standard InChI is InChI=1S/C8H13F3N2O/c9-8(10,11)7(14)13-4-1-2-6(12)3-5-13/h6H,1-5,12H2. The number of nitrogens with zero attached hydrogens (tertiary/aromatic N) is 1. The van der Waals surface area contributed by atoms with Crippen LogP contribution in [0, 0.1) is 0 Å². The first-order valence-electron chi connectivity index (χ1n) is 4.53. The summed E-state index contributed by atoms with van der Waals surface area (Å²) in [6.45, 7) is 0.269. The largest absolute Gasteiger partial charge is 0.471 e. The molecule has 1 aliphatic heterocycles. The van der Waals surface area contributed by atoms with E-state index >= 15 is 0 Å². The summed E-state index contributed by atoms with van der Waals surface area (Å²) in [5.41, 5.74) is 5.59. The lowest BCUT2D eigenvalue weighted by molar-refractivity contribution is -0.185. The van der Waals surface area contributed by atoms with Crippen LogP contribution in [0.1, 0.15) is 19.3 Å². The number of hydrogen-bond donors (Lipinski definition) is 1. The van der Waals surface area contributed by atoms with E-state index in [9.17, 15) is 18.0 Å². The third kappa shape index (κ3) is 2.87. The van der Waals surface area contributed by atoms with Crippen molar-refractivity contribution in [2.24, 2.45) is 5.73 Å². The van der Waals surface area contributed by atoms with Gasteiger partial charge < -0.3 is 10.6 Å². The van der Waals surface area contributed by atoms with Gasteiger partial charge in [-0.2, -0.15) is 13.2 Å². The zero-order chi connectivity index (χ0) is 10.8. The Hall–Kier alpha value is -0.780. The van der Waals surface area contributed by atoms with Gasteiger partial charge in [0.15, 0.2) is 0 Å². The molecule has 0 saturated carbocycles. The summed E-state index contributed by atoms with van der Waals surface area (Å²) < 4.78 is 36.1. The van der Waals surface area contributed by atoms with Crippen molar-refractivity contribution >= 4 is 5.91 Å². The van der Waals surface area contributed by atoms with E-state index in [4.69, 9.17) is 5.73 Å². The third-order valence-electron chi connectivity index (χ3n) is 2.30. The fraction of sp³-hybridized carbons (Fsp3) is 0.875. The van der Waals surface area contributed by atoms with E-state index in [2.05, 4.69) is 0 Å². The normalized spacial score (nSPS) is 24.6. The maximum atomic E-state index is 12.0. The average molecular weight is 210 g/mol.